The standard InChI is InChI=1S/C18H17NO/c1-2-7-15(8-3-1)9-6-12-20-17-13-16-10-4-5-11-18(16)19-14-17/h1-5,7-8,10-11,13-14H,6,9,12H2. The fraction of sp³-hybridized carbons (Fsp3) is 0.167. The lowest BCUT2D eigenvalue weighted by Gasteiger charge is -2.07. The molecule has 0 aliphatic heterocycles. The molecule has 0 aliphatic rings. The zero-order valence-electron chi connectivity index (χ0n) is 11.3. The van der Waals surface area contributed by atoms with E-state index in [1.54, 1.807) is 6.20 Å². The molecule has 100 valence electrons. The highest BCUT2D eigenvalue weighted by molar-refractivity contribution is 5.79. The van der Waals surface area contributed by atoms with Gasteiger partial charge in [-0.3, -0.25) is 4.98 Å². The summed E-state index contributed by atoms with van der Waals surface area (Å²) in [6.07, 6.45) is 3.85. The van der Waals surface area contributed by atoms with Crippen molar-refractivity contribution in [3.8, 4) is 5.75 Å². The van der Waals surface area contributed by atoms with Crippen LogP contribution in [0.1, 0.15) is 12.0 Å². The molecule has 3 rings (SSSR count). The highest BCUT2D eigenvalue weighted by atomic mass is 16.5. The molecule has 1 aromatic heterocycles. The first-order valence-corrected chi connectivity index (χ1v) is 6.93. The maximum Gasteiger partial charge on any atom is 0.138 e. The van der Waals surface area contributed by atoms with Crippen molar-refractivity contribution in [3.05, 3.63) is 72.4 Å². The first-order valence-electron chi connectivity index (χ1n) is 6.93. The highest BCUT2D eigenvalue weighted by Gasteiger charge is 1.98. The summed E-state index contributed by atoms with van der Waals surface area (Å²) < 4.78 is 5.77. The van der Waals surface area contributed by atoms with Crippen LogP contribution >= 0.6 is 0 Å². The van der Waals surface area contributed by atoms with E-state index in [4.69, 9.17) is 4.74 Å². The number of hydrogen-bond acceptors (Lipinski definition) is 2. The van der Waals surface area contributed by atoms with Crippen LogP contribution in [-0.4, -0.2) is 11.6 Å². The Morgan fingerprint density at radius 2 is 1.70 bits per heavy atom. The van der Waals surface area contributed by atoms with Gasteiger partial charge in [0.15, 0.2) is 0 Å². The van der Waals surface area contributed by atoms with E-state index in [1.807, 2.05) is 30.3 Å². The van der Waals surface area contributed by atoms with Crippen LogP contribution in [0.3, 0.4) is 0 Å². The Balaban J connectivity index is 1.55. The highest BCUT2D eigenvalue weighted by Crippen LogP contribution is 2.18. The van der Waals surface area contributed by atoms with Gasteiger partial charge in [0.25, 0.3) is 0 Å². The Bertz CT molecular complexity index is 679. The molecule has 0 saturated heterocycles. The van der Waals surface area contributed by atoms with Crippen LogP contribution in [0.15, 0.2) is 66.9 Å². The molecule has 0 bridgehead atoms. The van der Waals surface area contributed by atoms with E-state index in [1.165, 1.54) is 5.56 Å². The lowest BCUT2D eigenvalue weighted by Crippen LogP contribution is -1.99. The van der Waals surface area contributed by atoms with Gasteiger partial charge in [0, 0.05) is 5.39 Å². The lowest BCUT2D eigenvalue weighted by atomic mass is 10.1. The fourth-order valence-electron chi connectivity index (χ4n) is 2.24. The zero-order valence-corrected chi connectivity index (χ0v) is 11.3. The Hall–Kier alpha value is -2.35. The number of rotatable bonds is 5. The van der Waals surface area contributed by atoms with Crippen LogP contribution in [0.4, 0.5) is 0 Å². The molecule has 2 nitrogen and oxygen atoms in total. The van der Waals surface area contributed by atoms with Crippen molar-refractivity contribution >= 4 is 10.9 Å². The monoisotopic (exact) mass is 263 g/mol. The van der Waals surface area contributed by atoms with Crippen LogP contribution in [-0.2, 0) is 6.42 Å². The Kier molecular flexibility index (Phi) is 3.93. The first kappa shape index (κ1) is 12.7. The smallest absolute Gasteiger partial charge is 0.138 e. The van der Waals surface area contributed by atoms with Crippen LogP contribution < -0.4 is 4.74 Å². The minimum Gasteiger partial charge on any atom is -0.492 e. The molecule has 0 saturated carbocycles. The minimum atomic E-state index is 0.717. The molecule has 0 fully saturated rings. The summed E-state index contributed by atoms with van der Waals surface area (Å²) in [6, 6.07) is 20.6. The molecule has 0 atom stereocenters. The van der Waals surface area contributed by atoms with Gasteiger partial charge in [-0.1, -0.05) is 48.5 Å². The van der Waals surface area contributed by atoms with Crippen molar-refractivity contribution in [1.29, 1.82) is 0 Å². The minimum absolute atomic E-state index is 0.717. The van der Waals surface area contributed by atoms with Gasteiger partial charge in [-0.2, -0.15) is 0 Å². The third-order valence-electron chi connectivity index (χ3n) is 3.29. The molecule has 0 N–H and O–H groups in total. The summed E-state index contributed by atoms with van der Waals surface area (Å²) in [7, 11) is 0. The normalized spacial score (nSPS) is 10.6. The average molecular weight is 263 g/mol. The molecule has 0 amide bonds. The van der Waals surface area contributed by atoms with Gasteiger partial charge in [-0.15, -0.1) is 0 Å². The Labute approximate surface area is 119 Å². The van der Waals surface area contributed by atoms with E-state index >= 15 is 0 Å². The van der Waals surface area contributed by atoms with Crippen molar-refractivity contribution in [1.82, 2.24) is 4.98 Å². The Morgan fingerprint density at radius 1 is 0.900 bits per heavy atom. The fourth-order valence-corrected chi connectivity index (χ4v) is 2.24. The van der Waals surface area contributed by atoms with Gasteiger partial charge < -0.3 is 4.74 Å². The van der Waals surface area contributed by atoms with Crippen molar-refractivity contribution in [2.24, 2.45) is 0 Å². The van der Waals surface area contributed by atoms with Gasteiger partial charge in [-0.05, 0) is 30.5 Å². The average Bonchev–Trinajstić information content (AvgIpc) is 2.52. The second-order valence-corrected chi connectivity index (χ2v) is 4.80. The van der Waals surface area contributed by atoms with Gasteiger partial charge >= 0.3 is 0 Å². The van der Waals surface area contributed by atoms with Gasteiger partial charge in [0.1, 0.15) is 5.75 Å². The largest absolute Gasteiger partial charge is 0.492 e. The zero-order chi connectivity index (χ0) is 13.6. The van der Waals surface area contributed by atoms with Gasteiger partial charge in [-0.25, -0.2) is 0 Å². The van der Waals surface area contributed by atoms with Crippen LogP contribution in [0.2, 0.25) is 0 Å². The van der Waals surface area contributed by atoms with Crippen LogP contribution in [0.5, 0.6) is 5.75 Å². The lowest BCUT2D eigenvalue weighted by molar-refractivity contribution is 0.310. The summed E-state index contributed by atoms with van der Waals surface area (Å²) >= 11 is 0. The molecule has 0 radical (unpaired) electrons. The summed E-state index contributed by atoms with van der Waals surface area (Å²) in [5.74, 6) is 0.844. The van der Waals surface area contributed by atoms with Crippen molar-refractivity contribution in [3.63, 3.8) is 0 Å². The van der Waals surface area contributed by atoms with E-state index in [2.05, 4.69) is 35.3 Å². The number of para-hydroxylation sites is 1. The molecule has 1 heterocycles. The number of ether oxygens (including phenoxy) is 1. The maximum absolute atomic E-state index is 5.77. The predicted octanol–water partition coefficient (Wildman–Crippen LogP) is 4.25. The number of fused-ring (bicyclic) bond motifs is 1. The van der Waals surface area contributed by atoms with E-state index in [0.29, 0.717) is 0 Å². The van der Waals surface area contributed by atoms with Crippen LogP contribution in [0.25, 0.3) is 10.9 Å². The van der Waals surface area contributed by atoms with E-state index < -0.39 is 0 Å². The van der Waals surface area contributed by atoms with E-state index in [0.717, 1.165) is 36.1 Å². The summed E-state index contributed by atoms with van der Waals surface area (Å²) in [6.45, 7) is 0.717. The summed E-state index contributed by atoms with van der Waals surface area (Å²) in [4.78, 5) is 4.39. The molecule has 0 spiro atoms. The quantitative estimate of drug-likeness (QED) is 0.642. The molecule has 0 aliphatic carbocycles. The SMILES string of the molecule is c1ccc(CCCOc2cnc3ccccc3c2)cc1. The van der Waals surface area contributed by atoms with E-state index in [9.17, 15) is 0 Å². The number of pyridine rings is 1. The number of hydrogen-bond donors (Lipinski definition) is 0. The topological polar surface area (TPSA) is 22.1 Å². The van der Waals surface area contributed by atoms with E-state index in [-0.39, 0.29) is 0 Å². The molecular formula is C18H17NO. The molecule has 2 aromatic carbocycles. The Morgan fingerprint density at radius 3 is 2.60 bits per heavy atom. The second kappa shape index (κ2) is 6.20. The van der Waals surface area contributed by atoms with Gasteiger partial charge in [0.2, 0.25) is 0 Å². The van der Waals surface area contributed by atoms with Crippen LogP contribution in [0, 0.1) is 0 Å². The molecule has 3 aromatic rings. The number of aryl methyl sites for hydroxylation is 1. The van der Waals surface area contributed by atoms with Gasteiger partial charge in [0.05, 0.1) is 18.3 Å². The first-order chi connectivity index (χ1) is 9.92. The molecule has 0 unspecified atom stereocenters. The summed E-state index contributed by atoms with van der Waals surface area (Å²) in [5, 5.41) is 1.12. The maximum atomic E-state index is 5.77. The third-order valence-corrected chi connectivity index (χ3v) is 3.29. The number of nitrogens with zero attached hydrogens (tertiary/aromatic N) is 1. The van der Waals surface area contributed by atoms with Crippen molar-refractivity contribution in [2.45, 2.75) is 12.8 Å². The van der Waals surface area contributed by atoms with Crippen molar-refractivity contribution in [2.75, 3.05) is 6.61 Å². The molecule has 2 heteroatoms. The number of benzene rings is 2. The predicted molar refractivity (Wildman–Crippen MR) is 82.0 cm³/mol. The number of aromatic nitrogens is 1. The van der Waals surface area contributed by atoms with Crippen molar-refractivity contribution < 1.29 is 4.74 Å². The summed E-state index contributed by atoms with van der Waals surface area (Å²) in [5.41, 5.74) is 2.36. The second-order valence-electron chi connectivity index (χ2n) is 4.80. The molecular weight excluding hydrogens is 246 g/mol. The molecule has 20 heavy (non-hydrogen) atoms. The third kappa shape index (κ3) is 3.15.